The molecule has 1 aliphatic carbocycles. The van der Waals surface area contributed by atoms with Crippen molar-refractivity contribution in [2.45, 2.75) is 30.9 Å². The summed E-state index contributed by atoms with van der Waals surface area (Å²) in [5.41, 5.74) is 1.03. The number of aryl methyl sites for hydroxylation is 1. The van der Waals surface area contributed by atoms with Crippen molar-refractivity contribution in [1.82, 2.24) is 10.3 Å². The van der Waals surface area contributed by atoms with E-state index in [-0.39, 0.29) is 5.78 Å². The molecule has 3 unspecified atom stereocenters. The number of hydrogen-bond donors (Lipinski definition) is 4. The monoisotopic (exact) mass is 376 g/mol. The van der Waals surface area contributed by atoms with Crippen LogP contribution in [0.1, 0.15) is 45.9 Å². The van der Waals surface area contributed by atoms with Gasteiger partial charge in [0.2, 0.25) is 0 Å². The van der Waals surface area contributed by atoms with E-state index in [2.05, 4.69) is 10.3 Å². The molecular formula is C22H20N2O4. The number of carbonyl (C=O) groups is 1. The van der Waals surface area contributed by atoms with E-state index in [0.29, 0.717) is 34.6 Å². The van der Waals surface area contributed by atoms with Gasteiger partial charge in [0.15, 0.2) is 11.3 Å². The Morgan fingerprint density at radius 3 is 2.64 bits per heavy atom. The van der Waals surface area contributed by atoms with Crippen LogP contribution in [0, 0.1) is 0 Å². The van der Waals surface area contributed by atoms with Crippen molar-refractivity contribution in [3.05, 3.63) is 88.7 Å². The van der Waals surface area contributed by atoms with Crippen LogP contribution in [0.15, 0.2) is 60.8 Å². The van der Waals surface area contributed by atoms with Gasteiger partial charge in [-0.2, -0.15) is 0 Å². The van der Waals surface area contributed by atoms with E-state index in [0.717, 1.165) is 5.56 Å². The number of nitrogens with one attached hydrogen (secondary N) is 2. The van der Waals surface area contributed by atoms with Crippen molar-refractivity contribution in [3.63, 3.8) is 0 Å². The molecule has 28 heavy (non-hydrogen) atoms. The maximum absolute atomic E-state index is 13.6. The fourth-order valence-electron chi connectivity index (χ4n) is 4.44. The molecule has 2 heterocycles. The fourth-order valence-corrected chi connectivity index (χ4v) is 4.44. The highest BCUT2D eigenvalue weighted by atomic mass is 16.6. The van der Waals surface area contributed by atoms with Crippen molar-refractivity contribution in [1.29, 1.82) is 0 Å². The van der Waals surface area contributed by atoms with Gasteiger partial charge in [-0.05, 0) is 24.1 Å². The lowest BCUT2D eigenvalue weighted by molar-refractivity contribution is -0.180. The minimum atomic E-state index is -1.96. The van der Waals surface area contributed by atoms with Gasteiger partial charge in [-0.15, -0.1) is 0 Å². The molecule has 6 heteroatoms. The molecular weight excluding hydrogens is 356 g/mol. The molecule has 1 aliphatic heterocycles. The molecule has 1 aromatic heterocycles. The number of carbonyl (C=O) groups excluding carboxylic acids is 1. The van der Waals surface area contributed by atoms with Crippen LogP contribution in [-0.4, -0.2) is 21.0 Å². The van der Waals surface area contributed by atoms with Crippen LogP contribution in [0.25, 0.3) is 0 Å². The molecule has 0 bridgehead atoms. The fraction of sp³-hybridized carbons (Fsp3) is 0.227. The number of aliphatic hydroxyl groups is 2. The van der Waals surface area contributed by atoms with E-state index in [4.69, 9.17) is 4.74 Å². The number of aromatic nitrogens is 1. The summed E-state index contributed by atoms with van der Waals surface area (Å²) in [5.74, 6) is -1.80. The Morgan fingerprint density at radius 1 is 1.11 bits per heavy atom. The lowest BCUT2D eigenvalue weighted by Gasteiger charge is -2.36. The number of aliphatic hydroxyl groups excluding tert-OH is 1. The van der Waals surface area contributed by atoms with E-state index in [1.54, 1.807) is 48.7 Å². The first kappa shape index (κ1) is 17.2. The van der Waals surface area contributed by atoms with Gasteiger partial charge < -0.3 is 19.9 Å². The molecule has 0 fully saturated rings. The van der Waals surface area contributed by atoms with Crippen LogP contribution in [0.4, 0.5) is 0 Å². The molecule has 4 N–H and O–H groups in total. The van der Waals surface area contributed by atoms with E-state index < -0.39 is 17.6 Å². The quantitative estimate of drug-likeness (QED) is 0.525. The molecule has 3 atom stereocenters. The lowest BCUT2D eigenvalue weighted by atomic mass is 9.82. The van der Waals surface area contributed by atoms with Crippen molar-refractivity contribution in [2.75, 3.05) is 0 Å². The maximum Gasteiger partial charge on any atom is 0.266 e. The van der Waals surface area contributed by atoms with Crippen LogP contribution in [0.5, 0.6) is 5.75 Å². The van der Waals surface area contributed by atoms with Crippen LogP contribution < -0.4 is 10.1 Å². The molecule has 0 saturated carbocycles. The van der Waals surface area contributed by atoms with Crippen LogP contribution in [0.3, 0.4) is 0 Å². The number of ketones is 1. The second-order valence-electron chi connectivity index (χ2n) is 7.19. The van der Waals surface area contributed by atoms with Crippen molar-refractivity contribution < 1.29 is 19.7 Å². The van der Waals surface area contributed by atoms with Gasteiger partial charge in [-0.1, -0.05) is 49.4 Å². The van der Waals surface area contributed by atoms with Gasteiger partial charge >= 0.3 is 0 Å². The van der Waals surface area contributed by atoms with E-state index in [1.807, 2.05) is 19.1 Å². The summed E-state index contributed by atoms with van der Waals surface area (Å²) in [5, 5.41) is 25.6. The topological polar surface area (TPSA) is 94.6 Å². The first-order chi connectivity index (χ1) is 13.5. The van der Waals surface area contributed by atoms with Crippen molar-refractivity contribution in [3.8, 4) is 5.75 Å². The Hall–Kier alpha value is -2.93. The van der Waals surface area contributed by atoms with Crippen molar-refractivity contribution >= 4 is 5.78 Å². The third kappa shape index (κ3) is 1.94. The lowest BCUT2D eigenvalue weighted by Crippen LogP contribution is -2.59. The molecule has 0 radical (unpaired) electrons. The zero-order chi connectivity index (χ0) is 19.5. The minimum absolute atomic E-state index is 0.330. The Kier molecular flexibility index (Phi) is 3.55. The van der Waals surface area contributed by atoms with Crippen LogP contribution in [-0.2, 0) is 17.7 Å². The van der Waals surface area contributed by atoms with Crippen molar-refractivity contribution in [2.24, 2.45) is 0 Å². The standard InChI is InChI=1S/C22H20N2O4/c1-2-13-7-5-10-16-18(13)28-22(27)15-9-4-3-8-14(15)19(25)21(16,22)24-20(26)17-11-6-12-23-17/h3-12,20,23-24,26-27H,2H2,1H3. The summed E-state index contributed by atoms with van der Waals surface area (Å²) in [6, 6.07) is 15.9. The van der Waals surface area contributed by atoms with E-state index in [9.17, 15) is 15.0 Å². The molecule has 0 spiro atoms. The Morgan fingerprint density at radius 2 is 1.89 bits per heavy atom. The van der Waals surface area contributed by atoms with Gasteiger partial charge in [0.25, 0.3) is 5.79 Å². The third-order valence-corrected chi connectivity index (χ3v) is 5.79. The largest absolute Gasteiger partial charge is 0.455 e. The normalized spacial score (nSPS) is 25.8. The Labute approximate surface area is 161 Å². The first-order valence-corrected chi connectivity index (χ1v) is 9.30. The van der Waals surface area contributed by atoms with Crippen LogP contribution in [0.2, 0.25) is 0 Å². The molecule has 0 saturated heterocycles. The highest BCUT2D eigenvalue weighted by Crippen LogP contribution is 2.59. The average Bonchev–Trinajstić information content (AvgIpc) is 3.37. The Bertz CT molecular complexity index is 1080. The van der Waals surface area contributed by atoms with Gasteiger partial charge in [0.05, 0.1) is 5.69 Å². The summed E-state index contributed by atoms with van der Waals surface area (Å²) in [7, 11) is 0. The number of rotatable bonds is 4. The summed E-state index contributed by atoms with van der Waals surface area (Å²) in [4.78, 5) is 16.6. The highest BCUT2D eigenvalue weighted by Gasteiger charge is 2.71. The molecule has 0 amide bonds. The minimum Gasteiger partial charge on any atom is -0.455 e. The molecule has 3 aromatic rings. The second-order valence-corrected chi connectivity index (χ2v) is 7.19. The number of ether oxygens (including phenoxy) is 1. The number of fused-ring (bicyclic) bond motifs is 5. The molecule has 142 valence electrons. The summed E-state index contributed by atoms with van der Waals surface area (Å²) in [6.45, 7) is 1.99. The number of benzene rings is 2. The Balaban J connectivity index is 1.76. The highest BCUT2D eigenvalue weighted by molar-refractivity contribution is 6.10. The maximum atomic E-state index is 13.6. The van der Waals surface area contributed by atoms with Crippen LogP contribution >= 0.6 is 0 Å². The SMILES string of the molecule is CCc1cccc2c1OC1(O)c3ccccc3C(=O)C21NC(O)c1ccc[nH]1. The number of hydrogen-bond acceptors (Lipinski definition) is 5. The third-order valence-electron chi connectivity index (χ3n) is 5.79. The molecule has 6 nitrogen and oxygen atoms in total. The second kappa shape index (κ2) is 5.78. The zero-order valence-electron chi connectivity index (χ0n) is 15.3. The summed E-state index contributed by atoms with van der Waals surface area (Å²) >= 11 is 0. The smallest absolute Gasteiger partial charge is 0.266 e. The molecule has 5 rings (SSSR count). The van der Waals surface area contributed by atoms with Gasteiger partial charge in [-0.3, -0.25) is 10.1 Å². The summed E-state index contributed by atoms with van der Waals surface area (Å²) < 4.78 is 6.11. The molecule has 2 aromatic carbocycles. The van der Waals surface area contributed by atoms with Gasteiger partial charge in [0, 0.05) is 22.9 Å². The first-order valence-electron chi connectivity index (χ1n) is 9.30. The number of H-pyrrole nitrogens is 1. The van der Waals surface area contributed by atoms with E-state index in [1.165, 1.54) is 0 Å². The molecule has 2 aliphatic rings. The number of Topliss-reactive ketones (excluding diaryl/α,β-unsaturated/α-hetero) is 1. The average molecular weight is 376 g/mol. The predicted molar refractivity (Wildman–Crippen MR) is 102 cm³/mol. The van der Waals surface area contributed by atoms with Gasteiger partial charge in [-0.25, -0.2) is 0 Å². The number of para-hydroxylation sites is 1. The van der Waals surface area contributed by atoms with Gasteiger partial charge in [0.1, 0.15) is 12.0 Å². The number of aromatic amines is 1. The predicted octanol–water partition coefficient (Wildman–Crippen LogP) is 2.49. The summed E-state index contributed by atoms with van der Waals surface area (Å²) in [6.07, 6.45) is 1.16. The zero-order valence-corrected chi connectivity index (χ0v) is 15.3. The van der Waals surface area contributed by atoms with E-state index >= 15 is 0 Å².